The summed E-state index contributed by atoms with van der Waals surface area (Å²) in [5.74, 6) is 0. The minimum atomic E-state index is -0.0932. The summed E-state index contributed by atoms with van der Waals surface area (Å²) in [6, 6.07) is 2.09. The van der Waals surface area contributed by atoms with Gasteiger partial charge in [0, 0.05) is 0 Å². The number of nitriles is 1. The number of carbonyl (C=O) groups is 1. The van der Waals surface area contributed by atoms with Gasteiger partial charge in [-0.15, -0.1) is 11.8 Å². The molecule has 0 radical (unpaired) electrons. The largest absolute Gasteiger partial charge is 0.291 e. The fraction of sp³-hybridized carbons (Fsp3) is 0.111. The molecule has 0 unspecified atom stereocenters. The number of aromatic nitrogens is 1. The van der Waals surface area contributed by atoms with E-state index in [-0.39, 0.29) is 4.06 Å². The van der Waals surface area contributed by atoms with Gasteiger partial charge in [0.2, 0.25) is 0 Å². The topological polar surface area (TPSA) is 70.8 Å². The van der Waals surface area contributed by atoms with Crippen molar-refractivity contribution in [1.29, 1.82) is 5.26 Å². The highest BCUT2D eigenvalue weighted by Gasteiger charge is 2.17. The molecule has 0 saturated heterocycles. The van der Waals surface area contributed by atoms with Crippen LogP contribution in [0.15, 0.2) is 14.7 Å². The highest BCUT2D eigenvalue weighted by Crippen LogP contribution is 2.36. The summed E-state index contributed by atoms with van der Waals surface area (Å²) >= 11 is 4.31. The molecule has 2 aromatic heterocycles. The van der Waals surface area contributed by atoms with Crippen molar-refractivity contribution in [2.75, 3.05) is 6.26 Å². The predicted molar refractivity (Wildman–Crippen MR) is 72.9 cm³/mol. The van der Waals surface area contributed by atoms with Crippen molar-refractivity contribution >= 4 is 61.3 Å². The molecule has 2 heterocycles. The number of carbonyl (C=O) groups excluding carboxylic acids is 1. The minimum Gasteiger partial charge on any atom is -0.291 e. The van der Waals surface area contributed by atoms with Crippen LogP contribution in [0.25, 0.3) is 9.53 Å². The van der Waals surface area contributed by atoms with Crippen molar-refractivity contribution in [3.63, 3.8) is 0 Å². The van der Waals surface area contributed by atoms with E-state index in [0.29, 0.717) is 30.6 Å². The quantitative estimate of drug-likeness (QED) is 0.641. The van der Waals surface area contributed by atoms with E-state index in [1.54, 1.807) is 0 Å². The molecule has 0 aliphatic rings. The second-order valence-electron chi connectivity index (χ2n) is 2.74. The van der Waals surface area contributed by atoms with E-state index in [1.165, 1.54) is 11.8 Å². The number of thioether (sulfide) groups is 2. The average molecular weight is 300 g/mol. The average Bonchev–Trinajstić information content (AvgIpc) is 2.67. The fourth-order valence-corrected chi connectivity index (χ4v) is 4.75. The van der Waals surface area contributed by atoms with Crippen LogP contribution in [0, 0.1) is 11.3 Å². The summed E-state index contributed by atoms with van der Waals surface area (Å²) in [4.78, 5) is 27.3. The zero-order valence-corrected chi connectivity index (χ0v) is 11.7. The molecule has 0 bridgehead atoms. The standard InChI is InChI=1S/C9H4N2O2S4/c1-14-5-4(2-10)6-8(17-9(13)16-6)11-7(5)15-3-12/h3H,1H3. The molecule has 86 valence electrons. The first kappa shape index (κ1) is 12.6. The van der Waals surface area contributed by atoms with Gasteiger partial charge in [-0.05, 0) is 18.0 Å². The Balaban J connectivity index is 2.88. The number of fused-ring (bicyclic) bond motifs is 1. The van der Waals surface area contributed by atoms with Crippen molar-refractivity contribution in [2.24, 2.45) is 0 Å². The van der Waals surface area contributed by atoms with Gasteiger partial charge < -0.3 is 0 Å². The van der Waals surface area contributed by atoms with E-state index in [1.807, 2.05) is 6.26 Å². The molecular formula is C9H4N2O2S4. The number of rotatable bonds is 3. The van der Waals surface area contributed by atoms with Crippen LogP contribution >= 0.6 is 46.2 Å². The molecule has 0 N–H and O–H groups in total. The molecule has 0 aliphatic carbocycles. The molecule has 8 heteroatoms. The van der Waals surface area contributed by atoms with Gasteiger partial charge >= 0.3 is 0 Å². The minimum absolute atomic E-state index is 0.0932. The molecule has 17 heavy (non-hydrogen) atoms. The third-order valence-electron chi connectivity index (χ3n) is 1.89. The molecule has 0 spiro atoms. The zero-order valence-electron chi connectivity index (χ0n) is 8.42. The first-order valence-electron chi connectivity index (χ1n) is 4.23. The van der Waals surface area contributed by atoms with E-state index < -0.39 is 0 Å². The Labute approximate surface area is 113 Å². The van der Waals surface area contributed by atoms with Crippen LogP contribution in [0.2, 0.25) is 0 Å². The molecule has 2 aromatic rings. The van der Waals surface area contributed by atoms with E-state index in [2.05, 4.69) is 11.1 Å². The Morgan fingerprint density at radius 3 is 2.82 bits per heavy atom. The summed E-state index contributed by atoms with van der Waals surface area (Å²) < 4.78 is 0.520. The summed E-state index contributed by atoms with van der Waals surface area (Å²) in [5, 5.41) is 9.66. The van der Waals surface area contributed by atoms with Crippen LogP contribution < -0.4 is 4.06 Å². The van der Waals surface area contributed by atoms with Crippen molar-refractivity contribution in [1.82, 2.24) is 4.98 Å². The molecule has 0 saturated carbocycles. The van der Waals surface area contributed by atoms with Gasteiger partial charge in [-0.1, -0.05) is 22.7 Å². The summed E-state index contributed by atoms with van der Waals surface area (Å²) in [5.41, 5.74) is 1.11. The second kappa shape index (κ2) is 5.18. The molecule has 0 amide bonds. The normalized spacial score (nSPS) is 10.4. The van der Waals surface area contributed by atoms with E-state index in [4.69, 9.17) is 0 Å². The van der Waals surface area contributed by atoms with Crippen LogP contribution in [0.3, 0.4) is 0 Å². The van der Waals surface area contributed by atoms with Crippen LogP contribution in [0.5, 0.6) is 0 Å². The van der Waals surface area contributed by atoms with Gasteiger partial charge in [0.25, 0.3) is 4.06 Å². The van der Waals surface area contributed by atoms with Crippen molar-refractivity contribution in [3.8, 4) is 6.07 Å². The Kier molecular flexibility index (Phi) is 3.83. The third kappa shape index (κ3) is 2.24. The monoisotopic (exact) mass is 300 g/mol. The van der Waals surface area contributed by atoms with Crippen LogP contribution in [-0.4, -0.2) is 16.9 Å². The third-order valence-corrected chi connectivity index (χ3v) is 5.49. The lowest BCUT2D eigenvalue weighted by atomic mass is 10.3. The summed E-state index contributed by atoms with van der Waals surface area (Å²) in [6.07, 6.45) is 1.81. The molecule has 2 rings (SSSR count). The SMILES string of the molecule is CSc1c(SC=O)nc2sc(=O)sc2c1C#N. The van der Waals surface area contributed by atoms with E-state index in [0.717, 1.165) is 34.4 Å². The molecule has 0 fully saturated rings. The molecule has 0 atom stereocenters. The number of pyridine rings is 1. The van der Waals surface area contributed by atoms with Gasteiger partial charge in [0.05, 0.1) is 15.2 Å². The Bertz CT molecular complexity index is 683. The summed E-state index contributed by atoms with van der Waals surface area (Å²) in [6.45, 7) is 0. The lowest BCUT2D eigenvalue weighted by molar-refractivity contribution is 0.570. The van der Waals surface area contributed by atoms with Crippen molar-refractivity contribution < 1.29 is 4.79 Å². The van der Waals surface area contributed by atoms with E-state index >= 15 is 0 Å². The van der Waals surface area contributed by atoms with Crippen LogP contribution in [-0.2, 0) is 4.79 Å². The predicted octanol–water partition coefficient (Wildman–Crippen LogP) is 2.59. The number of hydrogen-bond acceptors (Lipinski definition) is 8. The van der Waals surface area contributed by atoms with Crippen molar-refractivity contribution in [2.45, 2.75) is 9.92 Å². The van der Waals surface area contributed by atoms with Crippen molar-refractivity contribution in [3.05, 3.63) is 14.4 Å². The number of hydrogen-bond donors (Lipinski definition) is 0. The maximum absolute atomic E-state index is 11.3. The van der Waals surface area contributed by atoms with E-state index in [9.17, 15) is 14.9 Å². The highest BCUT2D eigenvalue weighted by molar-refractivity contribution is 8.12. The zero-order chi connectivity index (χ0) is 12.4. The Hall–Kier alpha value is -0.880. The van der Waals surface area contributed by atoms with Gasteiger partial charge in [0.15, 0.2) is 5.62 Å². The van der Waals surface area contributed by atoms with Crippen LogP contribution in [0.4, 0.5) is 0 Å². The molecule has 0 aromatic carbocycles. The highest BCUT2D eigenvalue weighted by atomic mass is 32.2. The van der Waals surface area contributed by atoms with Gasteiger partial charge in [-0.2, -0.15) is 5.26 Å². The lowest BCUT2D eigenvalue weighted by Gasteiger charge is -2.05. The van der Waals surface area contributed by atoms with Crippen LogP contribution in [0.1, 0.15) is 5.56 Å². The Morgan fingerprint density at radius 1 is 1.47 bits per heavy atom. The number of nitrogens with zero attached hydrogens (tertiary/aromatic N) is 2. The first-order valence-corrected chi connectivity index (χ1v) is 7.97. The molecule has 0 aliphatic heterocycles. The lowest BCUT2D eigenvalue weighted by Crippen LogP contribution is -1.89. The summed E-state index contributed by atoms with van der Waals surface area (Å²) in [7, 11) is 0. The Morgan fingerprint density at radius 2 is 2.24 bits per heavy atom. The van der Waals surface area contributed by atoms with Gasteiger partial charge in [-0.25, -0.2) is 4.98 Å². The molecule has 4 nitrogen and oxygen atoms in total. The first-order chi connectivity index (χ1) is 8.21. The van der Waals surface area contributed by atoms with Gasteiger partial charge in [0.1, 0.15) is 15.9 Å². The van der Waals surface area contributed by atoms with Gasteiger partial charge in [-0.3, -0.25) is 9.59 Å². The maximum Gasteiger partial charge on any atom is 0.290 e. The maximum atomic E-state index is 11.3. The smallest absolute Gasteiger partial charge is 0.290 e. The second-order valence-corrected chi connectivity index (χ2v) is 6.57. The fourth-order valence-electron chi connectivity index (χ4n) is 1.27. The molecular weight excluding hydrogens is 296 g/mol.